The minimum Gasteiger partial charge on any atom is -0.352 e. The first-order valence-corrected chi connectivity index (χ1v) is 16.6. The molecule has 45 heavy (non-hydrogen) atoms. The topological polar surface area (TPSA) is 81.8 Å². The second kappa shape index (κ2) is 14.3. The van der Waals surface area contributed by atoms with Crippen molar-refractivity contribution in [3.8, 4) is 0 Å². The highest BCUT2D eigenvalue weighted by atomic mass is 32.2. The predicted molar refractivity (Wildman–Crippen MR) is 174 cm³/mol. The number of anilines is 1. The zero-order valence-corrected chi connectivity index (χ0v) is 25.9. The van der Waals surface area contributed by atoms with Crippen LogP contribution in [0, 0.1) is 11.7 Å². The Morgan fingerprint density at radius 1 is 0.889 bits per heavy atom. The lowest BCUT2D eigenvalue weighted by molar-refractivity contribution is 0.0945. The Bertz CT molecular complexity index is 1690. The summed E-state index contributed by atoms with van der Waals surface area (Å²) >= 11 is 0. The number of piperidine rings is 1. The van der Waals surface area contributed by atoms with Crippen LogP contribution in [-0.4, -0.2) is 47.1 Å². The van der Waals surface area contributed by atoms with E-state index in [0.717, 1.165) is 32.5 Å². The van der Waals surface area contributed by atoms with Crippen molar-refractivity contribution in [2.45, 2.75) is 42.0 Å². The second-order valence-electron chi connectivity index (χ2n) is 11.6. The number of hydrogen-bond donors (Lipinski definition) is 2. The minimum absolute atomic E-state index is 0.0204. The number of nitrogens with zero attached hydrogens (tertiary/aromatic N) is 2. The molecule has 9 heteroatoms. The number of rotatable bonds is 10. The van der Waals surface area contributed by atoms with E-state index in [0.29, 0.717) is 39.1 Å². The van der Waals surface area contributed by atoms with E-state index in [1.807, 2.05) is 0 Å². The van der Waals surface area contributed by atoms with Crippen LogP contribution in [0.3, 0.4) is 0 Å². The lowest BCUT2D eigenvalue weighted by Gasteiger charge is -2.32. The summed E-state index contributed by atoms with van der Waals surface area (Å²) in [5.41, 5.74) is 5.74. The quantitative estimate of drug-likeness (QED) is 0.220. The maximum Gasteiger partial charge on any atom is 0.273 e. The third-order valence-corrected chi connectivity index (χ3v) is 10.1. The molecule has 0 aromatic heterocycles. The smallest absolute Gasteiger partial charge is 0.273 e. The molecular weight excluding hydrogens is 587 g/mol. The van der Waals surface area contributed by atoms with E-state index < -0.39 is 22.5 Å². The molecule has 2 aliphatic heterocycles. The Balaban J connectivity index is 1.09. The van der Waals surface area contributed by atoms with Gasteiger partial charge in [-0.1, -0.05) is 60.7 Å². The van der Waals surface area contributed by atoms with Crippen LogP contribution in [0.5, 0.6) is 0 Å². The maximum atomic E-state index is 14.4. The first-order valence-electron chi connectivity index (χ1n) is 15.5. The van der Waals surface area contributed by atoms with Gasteiger partial charge in [-0.15, -0.1) is 0 Å². The fraction of sp³-hybridized carbons (Fsp3) is 0.278. The molecule has 2 N–H and O–H groups in total. The number of amides is 2. The Hall–Kier alpha value is -4.18. The molecule has 2 aliphatic rings. The fourth-order valence-corrected chi connectivity index (χ4v) is 7.40. The van der Waals surface area contributed by atoms with Gasteiger partial charge in [0.1, 0.15) is 5.82 Å². The van der Waals surface area contributed by atoms with E-state index in [1.54, 1.807) is 60.7 Å². The highest BCUT2D eigenvalue weighted by molar-refractivity contribution is 7.85. The van der Waals surface area contributed by atoms with Gasteiger partial charge in [-0.2, -0.15) is 0 Å². The van der Waals surface area contributed by atoms with Crippen molar-refractivity contribution in [3.05, 3.63) is 125 Å². The summed E-state index contributed by atoms with van der Waals surface area (Å²) in [6, 6.07) is 28.6. The van der Waals surface area contributed by atoms with E-state index in [-0.39, 0.29) is 18.0 Å². The number of hydrogen-bond acceptors (Lipinski definition) is 5. The molecule has 0 radical (unpaired) electrons. The van der Waals surface area contributed by atoms with Gasteiger partial charge in [-0.3, -0.25) is 9.59 Å². The summed E-state index contributed by atoms with van der Waals surface area (Å²) in [7, 11) is -1.66. The lowest BCUT2D eigenvalue weighted by Crippen LogP contribution is -2.43. The molecule has 6 rings (SSSR count). The van der Waals surface area contributed by atoms with E-state index >= 15 is 0 Å². The standard InChI is InChI=1S/C36H37FN4O3S/c37-31-13-6-4-11-29(31)25-39-41-32-24-28(15-16-34(32)45(44)33-14-7-5-12-30(33)36(41)43)35(42)38-19-8-20-40-21-17-27(18-22-40)23-26-9-2-1-3-10-26/h1-7,9-16,24,27,39H,8,17-23,25H2,(H,38,42). The van der Waals surface area contributed by atoms with Crippen molar-refractivity contribution in [3.63, 3.8) is 0 Å². The number of carbonyl (C=O) groups is 2. The van der Waals surface area contributed by atoms with E-state index in [9.17, 15) is 18.2 Å². The number of benzene rings is 4. The number of carbonyl (C=O) groups excluding carboxylic acids is 2. The van der Waals surface area contributed by atoms with Gasteiger partial charge in [0.15, 0.2) is 0 Å². The summed E-state index contributed by atoms with van der Waals surface area (Å²) < 4.78 is 28.0. The summed E-state index contributed by atoms with van der Waals surface area (Å²) in [4.78, 5) is 30.2. The highest BCUT2D eigenvalue weighted by Crippen LogP contribution is 2.34. The normalized spacial score (nSPS) is 17.0. The van der Waals surface area contributed by atoms with E-state index in [1.165, 1.54) is 29.5 Å². The second-order valence-corrected chi connectivity index (χ2v) is 13.0. The van der Waals surface area contributed by atoms with Crippen molar-refractivity contribution < 1.29 is 18.2 Å². The van der Waals surface area contributed by atoms with E-state index in [2.05, 4.69) is 46.0 Å². The Morgan fingerprint density at radius 2 is 1.62 bits per heavy atom. The summed E-state index contributed by atoms with van der Waals surface area (Å²) in [5, 5.41) is 4.29. The van der Waals surface area contributed by atoms with Crippen LogP contribution < -0.4 is 15.8 Å². The molecule has 7 nitrogen and oxygen atoms in total. The van der Waals surface area contributed by atoms with Gasteiger partial charge in [0.2, 0.25) is 0 Å². The number of likely N-dealkylation sites (tertiary alicyclic amines) is 1. The fourth-order valence-electron chi connectivity index (χ4n) is 6.07. The Labute approximate surface area is 265 Å². The zero-order valence-electron chi connectivity index (χ0n) is 25.1. The number of fused-ring (bicyclic) bond motifs is 2. The van der Waals surface area contributed by atoms with Crippen LogP contribution in [0.2, 0.25) is 0 Å². The maximum absolute atomic E-state index is 14.4. The Morgan fingerprint density at radius 3 is 2.42 bits per heavy atom. The SMILES string of the molecule is O=C(NCCCN1CCC(Cc2ccccc2)CC1)c1ccc2c(c1)N(NCc1ccccc1F)C(=O)c1ccccc1S2=O. The van der Waals surface area contributed by atoms with Crippen molar-refractivity contribution in [2.75, 3.05) is 31.2 Å². The molecule has 0 saturated carbocycles. The third-order valence-electron chi connectivity index (χ3n) is 8.58. The van der Waals surface area contributed by atoms with Crippen LogP contribution in [0.25, 0.3) is 0 Å². The molecule has 0 spiro atoms. The molecule has 2 amide bonds. The van der Waals surface area contributed by atoms with Crippen LogP contribution in [-0.2, 0) is 23.8 Å². The van der Waals surface area contributed by atoms with Crippen molar-refractivity contribution in [1.29, 1.82) is 0 Å². The average Bonchev–Trinajstić information content (AvgIpc) is 3.16. The zero-order chi connectivity index (χ0) is 31.2. The first kappa shape index (κ1) is 30.8. The monoisotopic (exact) mass is 624 g/mol. The summed E-state index contributed by atoms with van der Waals surface area (Å²) in [6.45, 7) is 3.60. The van der Waals surface area contributed by atoms with Gasteiger partial charge in [-0.25, -0.2) is 19.0 Å². The molecule has 4 aromatic rings. The number of nitrogens with one attached hydrogen (secondary N) is 2. The summed E-state index contributed by atoms with van der Waals surface area (Å²) in [5.74, 6) is -0.389. The van der Waals surface area contributed by atoms with Gasteiger partial charge < -0.3 is 10.2 Å². The van der Waals surface area contributed by atoms with Gasteiger partial charge in [0.25, 0.3) is 11.8 Å². The van der Waals surface area contributed by atoms with Crippen LogP contribution in [0.4, 0.5) is 10.1 Å². The lowest BCUT2D eigenvalue weighted by atomic mass is 9.90. The molecule has 1 saturated heterocycles. The van der Waals surface area contributed by atoms with Crippen molar-refractivity contribution in [2.24, 2.45) is 5.92 Å². The number of hydrazine groups is 1. The van der Waals surface area contributed by atoms with Gasteiger partial charge >= 0.3 is 0 Å². The molecular formula is C36H37FN4O3S. The number of halogens is 1. The molecule has 1 fully saturated rings. The molecule has 0 bridgehead atoms. The van der Waals surface area contributed by atoms with Crippen LogP contribution >= 0.6 is 0 Å². The van der Waals surface area contributed by atoms with Crippen LogP contribution in [0.15, 0.2) is 107 Å². The molecule has 1 atom stereocenters. The van der Waals surface area contributed by atoms with Crippen molar-refractivity contribution >= 4 is 28.3 Å². The molecule has 0 aliphatic carbocycles. The molecule has 2 heterocycles. The predicted octanol–water partition coefficient (Wildman–Crippen LogP) is 5.73. The van der Waals surface area contributed by atoms with Crippen molar-refractivity contribution in [1.82, 2.24) is 15.6 Å². The molecule has 232 valence electrons. The Kier molecular flexibility index (Phi) is 9.78. The molecule has 4 aromatic carbocycles. The third kappa shape index (κ3) is 7.22. The highest BCUT2D eigenvalue weighted by Gasteiger charge is 2.32. The minimum atomic E-state index is -1.66. The largest absolute Gasteiger partial charge is 0.352 e. The van der Waals surface area contributed by atoms with Crippen LogP contribution in [0.1, 0.15) is 51.1 Å². The average molecular weight is 625 g/mol. The first-order chi connectivity index (χ1) is 22.0. The van der Waals surface area contributed by atoms with E-state index in [4.69, 9.17) is 0 Å². The van der Waals surface area contributed by atoms with Gasteiger partial charge in [-0.05, 0) is 93.2 Å². The molecule has 1 unspecified atom stereocenters. The summed E-state index contributed by atoms with van der Waals surface area (Å²) in [6.07, 6.45) is 4.32. The van der Waals surface area contributed by atoms with Gasteiger partial charge in [0, 0.05) is 24.2 Å². The van der Waals surface area contributed by atoms with Gasteiger partial charge in [0.05, 0.1) is 31.8 Å².